The molecule has 1 aliphatic heterocycles. The van der Waals surface area contributed by atoms with E-state index in [1.54, 1.807) is 24.3 Å². The van der Waals surface area contributed by atoms with Crippen molar-refractivity contribution in [2.45, 2.75) is 49.2 Å². The number of thioether (sulfide) groups is 1. The standard InChI is InChI=1S/C28H26O2S/c1-4-19-7-12-22(13-8-19)25-18-24-17-21(11-16-26(24)31-28(25,2)3)6-5-20-9-14-23(15-10-20)27(29)30/h7-17,25H,4,18H2,1-3H3,(H,29,30). The Morgan fingerprint density at radius 2 is 1.65 bits per heavy atom. The van der Waals surface area contributed by atoms with Crippen LogP contribution in [-0.2, 0) is 12.8 Å². The number of hydrogen-bond acceptors (Lipinski definition) is 2. The summed E-state index contributed by atoms with van der Waals surface area (Å²) in [6.07, 6.45) is 2.07. The lowest BCUT2D eigenvalue weighted by Gasteiger charge is -2.39. The maximum Gasteiger partial charge on any atom is 0.335 e. The number of carboxylic acid groups (broad SMARTS) is 1. The Hall–Kier alpha value is -2.96. The summed E-state index contributed by atoms with van der Waals surface area (Å²) in [5, 5.41) is 9.02. The molecule has 0 saturated heterocycles. The number of carboxylic acids is 1. The quantitative estimate of drug-likeness (QED) is 0.482. The van der Waals surface area contributed by atoms with E-state index in [-0.39, 0.29) is 10.3 Å². The fourth-order valence-corrected chi connectivity index (χ4v) is 5.42. The highest BCUT2D eigenvalue weighted by Crippen LogP contribution is 2.50. The molecule has 0 radical (unpaired) electrons. The van der Waals surface area contributed by atoms with Crippen molar-refractivity contribution in [2.75, 3.05) is 0 Å². The first-order chi connectivity index (χ1) is 14.9. The second-order valence-corrected chi connectivity index (χ2v) is 10.2. The number of rotatable bonds is 3. The van der Waals surface area contributed by atoms with E-state index in [4.69, 9.17) is 5.11 Å². The maximum absolute atomic E-state index is 11.0. The Morgan fingerprint density at radius 1 is 1.00 bits per heavy atom. The summed E-state index contributed by atoms with van der Waals surface area (Å²) in [4.78, 5) is 12.3. The minimum absolute atomic E-state index is 0.125. The summed E-state index contributed by atoms with van der Waals surface area (Å²) >= 11 is 1.95. The van der Waals surface area contributed by atoms with Crippen molar-refractivity contribution in [3.63, 3.8) is 0 Å². The first kappa shape index (κ1) is 21.3. The van der Waals surface area contributed by atoms with Crippen molar-refractivity contribution in [1.82, 2.24) is 0 Å². The van der Waals surface area contributed by atoms with E-state index < -0.39 is 5.97 Å². The van der Waals surface area contributed by atoms with Gasteiger partial charge in [0.25, 0.3) is 0 Å². The minimum Gasteiger partial charge on any atom is -0.478 e. The average Bonchev–Trinajstić information content (AvgIpc) is 2.77. The van der Waals surface area contributed by atoms with E-state index in [2.05, 4.69) is 75.1 Å². The molecule has 31 heavy (non-hydrogen) atoms. The van der Waals surface area contributed by atoms with Crippen LogP contribution in [0.4, 0.5) is 0 Å². The molecule has 0 saturated carbocycles. The topological polar surface area (TPSA) is 37.3 Å². The van der Waals surface area contributed by atoms with Crippen LogP contribution in [0.25, 0.3) is 0 Å². The zero-order chi connectivity index (χ0) is 22.0. The smallest absolute Gasteiger partial charge is 0.335 e. The molecule has 3 aromatic rings. The van der Waals surface area contributed by atoms with E-state index in [9.17, 15) is 4.79 Å². The van der Waals surface area contributed by atoms with E-state index in [1.165, 1.54) is 21.6 Å². The van der Waals surface area contributed by atoms with Crippen molar-refractivity contribution in [2.24, 2.45) is 0 Å². The Morgan fingerprint density at radius 3 is 2.29 bits per heavy atom. The van der Waals surface area contributed by atoms with Crippen LogP contribution >= 0.6 is 11.8 Å². The van der Waals surface area contributed by atoms with Gasteiger partial charge in [0.2, 0.25) is 0 Å². The van der Waals surface area contributed by atoms with Crippen molar-refractivity contribution in [1.29, 1.82) is 0 Å². The molecule has 0 amide bonds. The Balaban J connectivity index is 1.59. The van der Waals surface area contributed by atoms with Crippen molar-refractivity contribution in [3.05, 3.63) is 100 Å². The van der Waals surface area contributed by atoms with Gasteiger partial charge in [0.15, 0.2) is 0 Å². The summed E-state index contributed by atoms with van der Waals surface area (Å²) in [6, 6.07) is 22.3. The lowest BCUT2D eigenvalue weighted by molar-refractivity contribution is 0.0697. The monoisotopic (exact) mass is 426 g/mol. The predicted molar refractivity (Wildman–Crippen MR) is 128 cm³/mol. The molecule has 0 aliphatic carbocycles. The van der Waals surface area contributed by atoms with Gasteiger partial charge in [0.05, 0.1) is 5.56 Å². The molecule has 3 aromatic carbocycles. The van der Waals surface area contributed by atoms with Gasteiger partial charge in [-0.1, -0.05) is 43.0 Å². The Bertz CT molecular complexity index is 1160. The molecule has 0 bridgehead atoms. The third-order valence-electron chi connectivity index (χ3n) is 5.97. The number of hydrogen-bond donors (Lipinski definition) is 1. The molecule has 4 rings (SSSR count). The fourth-order valence-electron chi connectivity index (χ4n) is 4.08. The van der Waals surface area contributed by atoms with Gasteiger partial charge in [0, 0.05) is 26.7 Å². The molecule has 1 aliphatic rings. The first-order valence-corrected chi connectivity index (χ1v) is 11.4. The third kappa shape index (κ3) is 4.70. The minimum atomic E-state index is -0.923. The summed E-state index contributed by atoms with van der Waals surface area (Å²) in [5.41, 5.74) is 6.20. The van der Waals surface area contributed by atoms with Crippen LogP contribution in [-0.4, -0.2) is 15.8 Å². The Labute approximate surface area is 188 Å². The SMILES string of the molecule is CCc1ccc(C2Cc3cc(C#Cc4ccc(C(=O)O)cc4)ccc3SC2(C)C)cc1. The zero-order valence-electron chi connectivity index (χ0n) is 18.1. The molecular formula is C28H26O2S. The van der Waals surface area contributed by atoms with Gasteiger partial charge in [-0.25, -0.2) is 4.79 Å². The van der Waals surface area contributed by atoms with Gasteiger partial charge in [-0.3, -0.25) is 0 Å². The van der Waals surface area contributed by atoms with Crippen LogP contribution in [0.15, 0.2) is 71.6 Å². The highest BCUT2D eigenvalue weighted by Gasteiger charge is 2.36. The number of fused-ring (bicyclic) bond motifs is 1. The molecular weight excluding hydrogens is 400 g/mol. The van der Waals surface area contributed by atoms with Crippen LogP contribution in [0.3, 0.4) is 0 Å². The van der Waals surface area contributed by atoms with Gasteiger partial charge in [0.1, 0.15) is 0 Å². The van der Waals surface area contributed by atoms with E-state index in [1.807, 2.05) is 11.8 Å². The normalized spacial score (nSPS) is 16.7. The molecule has 0 spiro atoms. The summed E-state index contributed by atoms with van der Waals surface area (Å²) in [5.74, 6) is 5.92. The summed E-state index contributed by atoms with van der Waals surface area (Å²) in [6.45, 7) is 6.87. The van der Waals surface area contributed by atoms with Gasteiger partial charge in [-0.15, -0.1) is 11.8 Å². The second kappa shape index (κ2) is 8.65. The maximum atomic E-state index is 11.0. The fraction of sp³-hybridized carbons (Fsp3) is 0.250. The average molecular weight is 427 g/mol. The van der Waals surface area contributed by atoms with Gasteiger partial charge in [-0.2, -0.15) is 0 Å². The van der Waals surface area contributed by atoms with Crippen molar-refractivity contribution < 1.29 is 9.90 Å². The lowest BCUT2D eigenvalue weighted by atomic mass is 9.81. The van der Waals surface area contributed by atoms with E-state index >= 15 is 0 Å². The number of carbonyl (C=O) groups is 1. The summed E-state index contributed by atoms with van der Waals surface area (Å²) < 4.78 is 0.125. The highest BCUT2D eigenvalue weighted by molar-refractivity contribution is 8.00. The van der Waals surface area contributed by atoms with E-state index in [0.717, 1.165) is 24.0 Å². The third-order valence-corrected chi connectivity index (χ3v) is 7.40. The molecule has 1 atom stereocenters. The van der Waals surface area contributed by atoms with Gasteiger partial charge < -0.3 is 5.11 Å². The molecule has 0 fully saturated rings. The highest BCUT2D eigenvalue weighted by atomic mass is 32.2. The van der Waals surface area contributed by atoms with Crippen LogP contribution < -0.4 is 0 Å². The van der Waals surface area contributed by atoms with Crippen molar-refractivity contribution in [3.8, 4) is 11.8 Å². The van der Waals surface area contributed by atoms with Crippen LogP contribution in [0.1, 0.15) is 64.9 Å². The van der Waals surface area contributed by atoms with Crippen LogP contribution in [0.2, 0.25) is 0 Å². The van der Waals surface area contributed by atoms with Crippen LogP contribution in [0.5, 0.6) is 0 Å². The van der Waals surface area contributed by atoms with Crippen molar-refractivity contribution >= 4 is 17.7 Å². The Kier molecular flexibility index (Phi) is 5.94. The van der Waals surface area contributed by atoms with Gasteiger partial charge >= 0.3 is 5.97 Å². The number of aryl methyl sites for hydroxylation is 1. The van der Waals surface area contributed by atoms with Crippen LogP contribution in [0, 0.1) is 11.8 Å². The lowest BCUT2D eigenvalue weighted by Crippen LogP contribution is -2.31. The summed E-state index contributed by atoms with van der Waals surface area (Å²) in [7, 11) is 0. The second-order valence-electron chi connectivity index (χ2n) is 8.51. The molecule has 3 heteroatoms. The number of aromatic carboxylic acids is 1. The zero-order valence-corrected chi connectivity index (χ0v) is 18.9. The van der Waals surface area contributed by atoms with E-state index in [0.29, 0.717) is 5.92 Å². The molecule has 1 unspecified atom stereocenters. The number of benzene rings is 3. The van der Waals surface area contributed by atoms with Gasteiger partial charge in [-0.05, 0) is 85.8 Å². The molecule has 1 heterocycles. The largest absolute Gasteiger partial charge is 0.478 e. The molecule has 2 nitrogen and oxygen atoms in total. The predicted octanol–water partition coefficient (Wildman–Crippen LogP) is 6.56. The molecule has 0 aromatic heterocycles. The molecule has 1 N–H and O–H groups in total. The molecule has 156 valence electrons. The first-order valence-electron chi connectivity index (χ1n) is 10.6.